The molecule has 1 aliphatic heterocycles. The minimum Gasteiger partial charge on any atom is -0.473 e. The molecule has 1 aliphatic rings. The number of nitrogens with zero attached hydrogens (tertiary/aromatic N) is 4. The summed E-state index contributed by atoms with van der Waals surface area (Å²) in [5.74, 6) is 1.92. The smallest absolute Gasteiger partial charge is 0.220 e. The largest absolute Gasteiger partial charge is 0.473 e. The van der Waals surface area contributed by atoms with Gasteiger partial charge in [-0.15, -0.1) is 0 Å². The number of nitrogens with two attached hydrogens (primary N) is 1. The third kappa shape index (κ3) is 2.33. The van der Waals surface area contributed by atoms with E-state index >= 15 is 0 Å². The molecule has 19 heavy (non-hydrogen) atoms. The molecule has 6 nitrogen and oxygen atoms in total. The molecular formula is C13H15N5O. The van der Waals surface area contributed by atoms with Crippen LogP contribution in [0.5, 0.6) is 5.88 Å². The highest BCUT2D eigenvalue weighted by atomic mass is 16.5. The summed E-state index contributed by atoms with van der Waals surface area (Å²) in [5.41, 5.74) is 8.62. The number of anilines is 1. The number of fused-ring (bicyclic) bond motifs is 1. The average molecular weight is 257 g/mol. The molecule has 0 aliphatic carbocycles. The Bertz CT molecular complexity index is 628. The monoisotopic (exact) mass is 257 g/mol. The zero-order chi connectivity index (χ0) is 13.4. The van der Waals surface area contributed by atoms with Crippen LogP contribution in [0.1, 0.15) is 22.8 Å². The van der Waals surface area contributed by atoms with Crippen molar-refractivity contribution in [3.8, 4) is 5.88 Å². The van der Waals surface area contributed by atoms with Crippen LogP contribution in [0.4, 0.5) is 5.82 Å². The van der Waals surface area contributed by atoms with Crippen LogP contribution in [-0.2, 0) is 12.8 Å². The van der Waals surface area contributed by atoms with Crippen molar-refractivity contribution in [2.45, 2.75) is 32.8 Å². The van der Waals surface area contributed by atoms with Gasteiger partial charge in [-0.25, -0.2) is 15.0 Å². The van der Waals surface area contributed by atoms with Gasteiger partial charge in [0.25, 0.3) is 0 Å². The fraction of sp³-hybridized carbons (Fsp3) is 0.385. The van der Waals surface area contributed by atoms with E-state index in [0.29, 0.717) is 18.1 Å². The van der Waals surface area contributed by atoms with Gasteiger partial charge in [0.1, 0.15) is 24.1 Å². The Balaban J connectivity index is 1.79. The van der Waals surface area contributed by atoms with E-state index in [2.05, 4.69) is 19.9 Å². The lowest BCUT2D eigenvalue weighted by Crippen LogP contribution is -2.17. The maximum absolute atomic E-state index is 5.86. The maximum Gasteiger partial charge on any atom is 0.220 e. The summed E-state index contributed by atoms with van der Waals surface area (Å²) in [5, 5.41) is 0. The zero-order valence-corrected chi connectivity index (χ0v) is 10.9. The molecular weight excluding hydrogens is 242 g/mol. The molecule has 1 unspecified atom stereocenters. The molecule has 0 bridgehead atoms. The van der Waals surface area contributed by atoms with Crippen molar-refractivity contribution in [2.24, 2.45) is 0 Å². The van der Waals surface area contributed by atoms with Gasteiger partial charge in [0.2, 0.25) is 5.88 Å². The molecule has 98 valence electrons. The van der Waals surface area contributed by atoms with Crippen molar-refractivity contribution < 1.29 is 4.74 Å². The van der Waals surface area contributed by atoms with E-state index in [0.717, 1.165) is 29.2 Å². The molecule has 0 radical (unpaired) electrons. The van der Waals surface area contributed by atoms with Gasteiger partial charge in [0, 0.05) is 35.9 Å². The summed E-state index contributed by atoms with van der Waals surface area (Å²) in [6.07, 6.45) is 3.02. The number of ether oxygens (including phenoxy) is 1. The van der Waals surface area contributed by atoms with Gasteiger partial charge in [0.15, 0.2) is 0 Å². The predicted molar refractivity (Wildman–Crippen MR) is 69.8 cm³/mol. The maximum atomic E-state index is 5.86. The van der Waals surface area contributed by atoms with Gasteiger partial charge in [-0.2, -0.15) is 4.98 Å². The molecule has 0 saturated carbocycles. The van der Waals surface area contributed by atoms with Crippen LogP contribution >= 0.6 is 0 Å². The Morgan fingerprint density at radius 2 is 2.16 bits per heavy atom. The Morgan fingerprint density at radius 3 is 2.95 bits per heavy atom. The van der Waals surface area contributed by atoms with Crippen LogP contribution in [-0.4, -0.2) is 26.0 Å². The topological polar surface area (TPSA) is 86.8 Å². The Morgan fingerprint density at radius 1 is 1.32 bits per heavy atom. The van der Waals surface area contributed by atoms with E-state index in [4.69, 9.17) is 10.5 Å². The lowest BCUT2D eigenvalue weighted by atomic mass is 10.1. The molecule has 3 rings (SSSR count). The van der Waals surface area contributed by atoms with E-state index < -0.39 is 0 Å². The molecule has 3 heterocycles. The summed E-state index contributed by atoms with van der Waals surface area (Å²) in [4.78, 5) is 16.8. The number of rotatable bonds is 2. The summed E-state index contributed by atoms with van der Waals surface area (Å²) >= 11 is 0. The van der Waals surface area contributed by atoms with Gasteiger partial charge in [-0.3, -0.25) is 0 Å². The van der Waals surface area contributed by atoms with Crippen LogP contribution in [0.3, 0.4) is 0 Å². The highest BCUT2D eigenvalue weighted by molar-refractivity contribution is 5.35. The fourth-order valence-electron chi connectivity index (χ4n) is 2.34. The summed E-state index contributed by atoms with van der Waals surface area (Å²) in [6, 6.07) is 1.77. The van der Waals surface area contributed by atoms with Gasteiger partial charge >= 0.3 is 0 Å². The van der Waals surface area contributed by atoms with Crippen molar-refractivity contribution in [3.63, 3.8) is 0 Å². The highest BCUT2D eigenvalue weighted by Gasteiger charge is 2.27. The van der Waals surface area contributed by atoms with Gasteiger partial charge in [-0.05, 0) is 13.8 Å². The Labute approximate surface area is 111 Å². The SMILES string of the molecule is Cc1nc(C)c2c(n1)OC(Cc1cc(N)ncn1)C2. The van der Waals surface area contributed by atoms with Crippen LogP contribution < -0.4 is 10.5 Å². The molecule has 2 N–H and O–H groups in total. The average Bonchev–Trinajstić information content (AvgIpc) is 2.71. The standard InChI is InChI=1S/C13H15N5O/c1-7-11-5-10(19-13(11)18-8(2)17-7)3-9-4-12(14)16-6-15-9/h4,6,10H,3,5H2,1-2H3,(H2,14,15,16). The second-order valence-electron chi connectivity index (χ2n) is 4.72. The first kappa shape index (κ1) is 11.8. The van der Waals surface area contributed by atoms with E-state index in [-0.39, 0.29) is 6.10 Å². The number of aromatic nitrogens is 4. The minimum atomic E-state index is 0.0408. The predicted octanol–water partition coefficient (Wildman–Crippen LogP) is 1.01. The summed E-state index contributed by atoms with van der Waals surface area (Å²) < 4.78 is 5.86. The first-order valence-electron chi connectivity index (χ1n) is 6.19. The molecule has 0 saturated heterocycles. The number of nitrogen functional groups attached to an aromatic ring is 1. The van der Waals surface area contributed by atoms with Crippen molar-refractivity contribution >= 4 is 5.82 Å². The van der Waals surface area contributed by atoms with Gasteiger partial charge in [0.05, 0.1) is 0 Å². The number of hydrogen-bond donors (Lipinski definition) is 1. The Kier molecular flexibility index (Phi) is 2.77. The van der Waals surface area contributed by atoms with E-state index in [9.17, 15) is 0 Å². The van der Waals surface area contributed by atoms with Crippen molar-refractivity contribution in [2.75, 3.05) is 5.73 Å². The van der Waals surface area contributed by atoms with Crippen LogP contribution in [0, 0.1) is 13.8 Å². The van der Waals surface area contributed by atoms with Gasteiger partial charge in [-0.1, -0.05) is 0 Å². The first-order chi connectivity index (χ1) is 9.11. The summed E-state index contributed by atoms with van der Waals surface area (Å²) in [6.45, 7) is 3.86. The zero-order valence-electron chi connectivity index (χ0n) is 10.9. The highest BCUT2D eigenvalue weighted by Crippen LogP contribution is 2.29. The van der Waals surface area contributed by atoms with Crippen LogP contribution in [0.25, 0.3) is 0 Å². The number of aryl methyl sites for hydroxylation is 2. The Hall–Kier alpha value is -2.24. The normalized spacial score (nSPS) is 17.1. The fourth-order valence-corrected chi connectivity index (χ4v) is 2.34. The third-order valence-corrected chi connectivity index (χ3v) is 3.18. The molecule has 0 fully saturated rings. The molecule has 1 atom stereocenters. The second kappa shape index (κ2) is 4.46. The van der Waals surface area contributed by atoms with Crippen molar-refractivity contribution in [3.05, 3.63) is 35.2 Å². The first-order valence-corrected chi connectivity index (χ1v) is 6.19. The van der Waals surface area contributed by atoms with Crippen molar-refractivity contribution in [1.29, 1.82) is 0 Å². The molecule has 0 amide bonds. The van der Waals surface area contributed by atoms with E-state index in [1.165, 1.54) is 6.33 Å². The van der Waals surface area contributed by atoms with Crippen LogP contribution in [0.2, 0.25) is 0 Å². The quantitative estimate of drug-likeness (QED) is 0.864. The number of hydrogen-bond acceptors (Lipinski definition) is 6. The van der Waals surface area contributed by atoms with E-state index in [1.807, 2.05) is 13.8 Å². The minimum absolute atomic E-state index is 0.0408. The molecule has 2 aromatic rings. The van der Waals surface area contributed by atoms with Crippen molar-refractivity contribution in [1.82, 2.24) is 19.9 Å². The molecule has 2 aromatic heterocycles. The van der Waals surface area contributed by atoms with Gasteiger partial charge < -0.3 is 10.5 Å². The molecule has 0 aromatic carbocycles. The lowest BCUT2D eigenvalue weighted by molar-refractivity contribution is 0.224. The van der Waals surface area contributed by atoms with E-state index in [1.54, 1.807) is 6.07 Å². The van der Waals surface area contributed by atoms with Crippen LogP contribution in [0.15, 0.2) is 12.4 Å². The molecule has 0 spiro atoms. The third-order valence-electron chi connectivity index (χ3n) is 3.18. The second-order valence-corrected chi connectivity index (χ2v) is 4.72. The molecule has 6 heteroatoms. The summed E-state index contributed by atoms with van der Waals surface area (Å²) in [7, 11) is 0. The lowest BCUT2D eigenvalue weighted by Gasteiger charge is -2.09.